The maximum absolute atomic E-state index is 5.76. The Morgan fingerprint density at radius 3 is 3.20 bits per heavy atom. The lowest BCUT2D eigenvalue weighted by molar-refractivity contribution is -0.111. The third-order valence-electron chi connectivity index (χ3n) is 2.23. The summed E-state index contributed by atoms with van der Waals surface area (Å²) in [6, 6.07) is 0. The Balaban J connectivity index is 2.10. The number of rotatable bonds is 1. The van der Waals surface area contributed by atoms with Crippen molar-refractivity contribution in [2.24, 2.45) is 0 Å². The summed E-state index contributed by atoms with van der Waals surface area (Å²) in [7, 11) is 0. The van der Waals surface area contributed by atoms with Gasteiger partial charge in [0.15, 0.2) is 6.29 Å². The highest BCUT2D eigenvalue weighted by Gasteiger charge is 2.43. The van der Waals surface area contributed by atoms with Gasteiger partial charge < -0.3 is 9.47 Å². The van der Waals surface area contributed by atoms with Crippen molar-refractivity contribution in [3.8, 4) is 0 Å². The molecule has 0 aromatic carbocycles. The molecule has 0 N–H and O–H groups in total. The molecule has 0 saturated carbocycles. The fourth-order valence-corrected chi connectivity index (χ4v) is 1.87. The van der Waals surface area contributed by atoms with Crippen LogP contribution in [0.3, 0.4) is 0 Å². The Kier molecular flexibility index (Phi) is 1.63. The van der Waals surface area contributed by atoms with Crippen molar-refractivity contribution < 1.29 is 9.47 Å². The van der Waals surface area contributed by atoms with Crippen LogP contribution in [0.5, 0.6) is 0 Å². The standard InChI is InChI=1S/C7H11ClO2/c8-4-7-3-1-2-6(10-7)9-5-7/h6H,1-5H2. The minimum absolute atomic E-state index is 0.0486. The van der Waals surface area contributed by atoms with E-state index >= 15 is 0 Å². The summed E-state index contributed by atoms with van der Waals surface area (Å²) in [5, 5.41) is 0. The Morgan fingerprint density at radius 1 is 1.60 bits per heavy atom. The van der Waals surface area contributed by atoms with Crippen LogP contribution in [0.25, 0.3) is 0 Å². The van der Waals surface area contributed by atoms with Crippen LogP contribution < -0.4 is 0 Å². The van der Waals surface area contributed by atoms with Crippen molar-refractivity contribution in [3.63, 3.8) is 0 Å². The van der Waals surface area contributed by atoms with Crippen LogP contribution in [0.4, 0.5) is 0 Å². The molecule has 10 heavy (non-hydrogen) atoms. The zero-order chi connectivity index (χ0) is 7.03. The molecule has 2 bridgehead atoms. The number of ether oxygens (including phenoxy) is 2. The van der Waals surface area contributed by atoms with Crippen LogP contribution in [-0.4, -0.2) is 24.4 Å². The maximum Gasteiger partial charge on any atom is 0.158 e. The van der Waals surface area contributed by atoms with Gasteiger partial charge in [-0.2, -0.15) is 0 Å². The third kappa shape index (κ3) is 0.949. The molecule has 0 aromatic heterocycles. The summed E-state index contributed by atoms with van der Waals surface area (Å²) in [4.78, 5) is 0. The first-order chi connectivity index (χ1) is 4.85. The minimum atomic E-state index is -0.121. The molecule has 2 heterocycles. The molecule has 58 valence electrons. The van der Waals surface area contributed by atoms with Crippen molar-refractivity contribution in [2.45, 2.75) is 31.2 Å². The van der Waals surface area contributed by atoms with Crippen LogP contribution in [0, 0.1) is 0 Å². The average molecular weight is 163 g/mol. The monoisotopic (exact) mass is 162 g/mol. The van der Waals surface area contributed by atoms with E-state index in [1.807, 2.05) is 0 Å². The molecular weight excluding hydrogens is 152 g/mol. The van der Waals surface area contributed by atoms with E-state index < -0.39 is 0 Å². The molecule has 2 rings (SSSR count). The summed E-state index contributed by atoms with van der Waals surface area (Å²) >= 11 is 5.76. The topological polar surface area (TPSA) is 18.5 Å². The van der Waals surface area contributed by atoms with Gasteiger partial charge in [0.1, 0.15) is 5.60 Å². The van der Waals surface area contributed by atoms with Crippen molar-refractivity contribution >= 4 is 11.6 Å². The van der Waals surface area contributed by atoms with Gasteiger partial charge in [0.2, 0.25) is 0 Å². The molecule has 0 aliphatic carbocycles. The lowest BCUT2D eigenvalue weighted by Gasteiger charge is -2.28. The average Bonchev–Trinajstić information content (AvgIpc) is 2.29. The van der Waals surface area contributed by atoms with E-state index in [1.54, 1.807) is 0 Å². The van der Waals surface area contributed by atoms with Crippen molar-refractivity contribution in [1.82, 2.24) is 0 Å². The zero-order valence-electron chi connectivity index (χ0n) is 5.81. The predicted octanol–water partition coefficient (Wildman–Crippen LogP) is 1.52. The van der Waals surface area contributed by atoms with E-state index in [0.717, 1.165) is 12.8 Å². The second-order valence-corrected chi connectivity index (χ2v) is 3.33. The van der Waals surface area contributed by atoms with Gasteiger partial charge in [-0.3, -0.25) is 0 Å². The van der Waals surface area contributed by atoms with Gasteiger partial charge in [0.05, 0.1) is 12.5 Å². The van der Waals surface area contributed by atoms with Gasteiger partial charge in [0, 0.05) is 0 Å². The highest BCUT2D eigenvalue weighted by molar-refractivity contribution is 6.18. The minimum Gasteiger partial charge on any atom is -0.350 e. The smallest absolute Gasteiger partial charge is 0.158 e. The highest BCUT2D eigenvalue weighted by Crippen LogP contribution is 2.36. The van der Waals surface area contributed by atoms with E-state index in [4.69, 9.17) is 21.1 Å². The van der Waals surface area contributed by atoms with Gasteiger partial charge >= 0.3 is 0 Å². The first-order valence-electron chi connectivity index (χ1n) is 3.70. The van der Waals surface area contributed by atoms with Crippen LogP contribution in [0.15, 0.2) is 0 Å². The number of fused-ring (bicyclic) bond motifs is 2. The van der Waals surface area contributed by atoms with E-state index in [0.29, 0.717) is 12.5 Å². The Hall–Kier alpha value is 0.210. The van der Waals surface area contributed by atoms with Gasteiger partial charge in [-0.25, -0.2) is 0 Å². The molecule has 2 saturated heterocycles. The van der Waals surface area contributed by atoms with Crippen LogP contribution >= 0.6 is 11.6 Å². The van der Waals surface area contributed by atoms with Crippen LogP contribution in [-0.2, 0) is 9.47 Å². The highest BCUT2D eigenvalue weighted by atomic mass is 35.5. The number of alkyl halides is 1. The van der Waals surface area contributed by atoms with Crippen molar-refractivity contribution in [3.05, 3.63) is 0 Å². The Bertz CT molecular complexity index is 136. The molecule has 0 amide bonds. The summed E-state index contributed by atoms with van der Waals surface area (Å²) in [5.41, 5.74) is -0.121. The summed E-state index contributed by atoms with van der Waals surface area (Å²) < 4.78 is 10.9. The van der Waals surface area contributed by atoms with Crippen LogP contribution in [0.2, 0.25) is 0 Å². The summed E-state index contributed by atoms with van der Waals surface area (Å²) in [6.45, 7) is 0.696. The maximum atomic E-state index is 5.76. The second kappa shape index (κ2) is 2.36. The summed E-state index contributed by atoms with van der Waals surface area (Å²) in [6.07, 6.45) is 3.34. The molecular formula is C7H11ClO2. The Morgan fingerprint density at radius 2 is 2.50 bits per heavy atom. The fourth-order valence-electron chi connectivity index (χ4n) is 1.59. The second-order valence-electron chi connectivity index (χ2n) is 3.07. The third-order valence-corrected chi connectivity index (χ3v) is 2.72. The van der Waals surface area contributed by atoms with Crippen LogP contribution in [0.1, 0.15) is 19.3 Å². The SMILES string of the molecule is ClCC12CCCC(OC1)O2. The Labute approximate surface area is 65.4 Å². The predicted molar refractivity (Wildman–Crippen MR) is 38.1 cm³/mol. The van der Waals surface area contributed by atoms with Gasteiger partial charge in [0.25, 0.3) is 0 Å². The lowest BCUT2D eigenvalue weighted by atomic mass is 9.98. The molecule has 0 radical (unpaired) electrons. The molecule has 2 aliphatic rings. The first-order valence-corrected chi connectivity index (χ1v) is 4.23. The van der Waals surface area contributed by atoms with E-state index in [1.165, 1.54) is 6.42 Å². The normalized spacial score (nSPS) is 45.9. The van der Waals surface area contributed by atoms with E-state index in [-0.39, 0.29) is 11.9 Å². The number of hydrogen-bond donors (Lipinski definition) is 0. The largest absolute Gasteiger partial charge is 0.350 e. The van der Waals surface area contributed by atoms with Crippen molar-refractivity contribution in [2.75, 3.05) is 12.5 Å². The first kappa shape index (κ1) is 6.89. The summed E-state index contributed by atoms with van der Waals surface area (Å²) in [5.74, 6) is 0.573. The van der Waals surface area contributed by atoms with Gasteiger partial charge in [-0.05, 0) is 19.3 Å². The zero-order valence-corrected chi connectivity index (χ0v) is 6.56. The molecule has 2 nitrogen and oxygen atoms in total. The van der Waals surface area contributed by atoms with Crippen molar-refractivity contribution in [1.29, 1.82) is 0 Å². The molecule has 2 fully saturated rings. The van der Waals surface area contributed by atoms with Gasteiger partial charge in [-0.15, -0.1) is 11.6 Å². The molecule has 0 aromatic rings. The molecule has 3 heteroatoms. The van der Waals surface area contributed by atoms with Gasteiger partial charge in [-0.1, -0.05) is 0 Å². The molecule has 0 spiro atoms. The molecule has 2 aliphatic heterocycles. The van der Waals surface area contributed by atoms with E-state index in [9.17, 15) is 0 Å². The molecule has 2 atom stereocenters. The number of hydrogen-bond acceptors (Lipinski definition) is 2. The van der Waals surface area contributed by atoms with E-state index in [2.05, 4.69) is 0 Å². The molecule has 2 unspecified atom stereocenters. The lowest BCUT2D eigenvalue weighted by Crippen LogP contribution is -2.36. The number of halogens is 1. The quantitative estimate of drug-likeness (QED) is 0.545. The fraction of sp³-hybridized carbons (Fsp3) is 1.00.